The minimum absolute atomic E-state index is 0.0285. The number of anilines is 1. The first kappa shape index (κ1) is 18.6. The molecular formula is C16H21FN2O4. The van der Waals surface area contributed by atoms with Crippen molar-refractivity contribution in [3.63, 3.8) is 0 Å². The SMILES string of the molecule is CCC(C)C(=O)OCC(=O)N(CCC(N)=O)c1ccc(F)cc1. The van der Waals surface area contributed by atoms with Crippen molar-refractivity contribution in [1.29, 1.82) is 0 Å². The van der Waals surface area contributed by atoms with Gasteiger partial charge in [0.1, 0.15) is 5.82 Å². The normalized spacial score (nSPS) is 11.6. The minimum atomic E-state index is -0.568. The van der Waals surface area contributed by atoms with Gasteiger partial charge >= 0.3 is 5.97 Å². The molecule has 0 fully saturated rings. The van der Waals surface area contributed by atoms with Crippen molar-refractivity contribution in [3.8, 4) is 0 Å². The van der Waals surface area contributed by atoms with Gasteiger partial charge < -0.3 is 15.4 Å². The Morgan fingerprint density at radius 2 is 1.87 bits per heavy atom. The number of hydrogen-bond donors (Lipinski definition) is 1. The maximum Gasteiger partial charge on any atom is 0.309 e. The lowest BCUT2D eigenvalue weighted by Gasteiger charge is -2.22. The number of hydrogen-bond acceptors (Lipinski definition) is 4. The number of benzene rings is 1. The number of carbonyl (C=O) groups excluding carboxylic acids is 3. The summed E-state index contributed by atoms with van der Waals surface area (Å²) in [5.74, 6) is -2.28. The van der Waals surface area contributed by atoms with E-state index >= 15 is 0 Å². The highest BCUT2D eigenvalue weighted by Crippen LogP contribution is 2.16. The molecule has 0 saturated carbocycles. The fraction of sp³-hybridized carbons (Fsp3) is 0.438. The second-order valence-corrected chi connectivity index (χ2v) is 5.16. The Bertz CT molecular complexity index is 560. The Labute approximate surface area is 134 Å². The van der Waals surface area contributed by atoms with E-state index in [4.69, 9.17) is 10.5 Å². The number of amides is 2. The van der Waals surface area contributed by atoms with E-state index in [0.29, 0.717) is 12.1 Å². The van der Waals surface area contributed by atoms with Gasteiger partial charge in [0.15, 0.2) is 6.61 Å². The van der Waals surface area contributed by atoms with Crippen LogP contribution >= 0.6 is 0 Å². The number of carbonyl (C=O) groups is 3. The predicted octanol–water partition coefficient (Wildman–Crippen LogP) is 1.62. The second kappa shape index (κ2) is 8.87. The van der Waals surface area contributed by atoms with Crippen LogP contribution in [0.4, 0.5) is 10.1 Å². The highest BCUT2D eigenvalue weighted by Gasteiger charge is 2.20. The summed E-state index contributed by atoms with van der Waals surface area (Å²) in [6, 6.07) is 5.21. The van der Waals surface area contributed by atoms with Crippen LogP contribution in [0.5, 0.6) is 0 Å². The summed E-state index contributed by atoms with van der Waals surface area (Å²) in [6.07, 6.45) is 0.554. The molecule has 0 radical (unpaired) electrons. The topological polar surface area (TPSA) is 89.7 Å². The highest BCUT2D eigenvalue weighted by atomic mass is 19.1. The third-order valence-corrected chi connectivity index (χ3v) is 3.37. The van der Waals surface area contributed by atoms with E-state index in [-0.39, 0.29) is 18.9 Å². The van der Waals surface area contributed by atoms with E-state index in [1.807, 2.05) is 6.92 Å². The quantitative estimate of drug-likeness (QED) is 0.736. The van der Waals surface area contributed by atoms with Crippen molar-refractivity contribution < 1.29 is 23.5 Å². The lowest BCUT2D eigenvalue weighted by atomic mass is 10.1. The Hall–Kier alpha value is -2.44. The van der Waals surface area contributed by atoms with Gasteiger partial charge in [-0.05, 0) is 30.7 Å². The first-order valence-electron chi connectivity index (χ1n) is 7.36. The average Bonchev–Trinajstić information content (AvgIpc) is 2.53. The smallest absolute Gasteiger partial charge is 0.309 e. The molecule has 0 bridgehead atoms. The molecule has 0 aliphatic carbocycles. The molecule has 0 spiro atoms. The molecule has 2 amide bonds. The van der Waals surface area contributed by atoms with Crippen molar-refractivity contribution in [1.82, 2.24) is 0 Å². The molecule has 1 unspecified atom stereocenters. The van der Waals surface area contributed by atoms with Crippen LogP contribution in [0.1, 0.15) is 26.7 Å². The summed E-state index contributed by atoms with van der Waals surface area (Å²) in [5.41, 5.74) is 5.50. The van der Waals surface area contributed by atoms with Crippen LogP contribution in [0.25, 0.3) is 0 Å². The summed E-state index contributed by atoms with van der Waals surface area (Å²) in [7, 11) is 0. The number of rotatable bonds is 8. The number of nitrogens with zero attached hydrogens (tertiary/aromatic N) is 1. The van der Waals surface area contributed by atoms with Crippen molar-refractivity contribution in [2.45, 2.75) is 26.7 Å². The van der Waals surface area contributed by atoms with Crippen molar-refractivity contribution in [3.05, 3.63) is 30.1 Å². The zero-order valence-corrected chi connectivity index (χ0v) is 13.3. The fourth-order valence-corrected chi connectivity index (χ4v) is 1.76. The van der Waals surface area contributed by atoms with E-state index in [9.17, 15) is 18.8 Å². The highest BCUT2D eigenvalue weighted by molar-refractivity contribution is 5.95. The first-order valence-corrected chi connectivity index (χ1v) is 7.36. The monoisotopic (exact) mass is 324 g/mol. The van der Waals surface area contributed by atoms with Gasteiger partial charge in [-0.15, -0.1) is 0 Å². The second-order valence-electron chi connectivity index (χ2n) is 5.16. The summed E-state index contributed by atoms with van der Waals surface area (Å²) >= 11 is 0. The maximum atomic E-state index is 13.0. The molecule has 0 aliphatic rings. The van der Waals surface area contributed by atoms with Crippen LogP contribution in [-0.2, 0) is 19.1 Å². The van der Waals surface area contributed by atoms with E-state index in [1.54, 1.807) is 6.92 Å². The Balaban J connectivity index is 2.78. The van der Waals surface area contributed by atoms with Crippen molar-refractivity contribution in [2.75, 3.05) is 18.1 Å². The number of primary amides is 1. The van der Waals surface area contributed by atoms with E-state index < -0.39 is 30.2 Å². The van der Waals surface area contributed by atoms with E-state index in [0.717, 1.165) is 0 Å². The average molecular weight is 324 g/mol. The van der Waals surface area contributed by atoms with Crippen molar-refractivity contribution in [2.24, 2.45) is 11.7 Å². The third kappa shape index (κ3) is 6.06. The molecule has 7 heteroatoms. The zero-order chi connectivity index (χ0) is 17.4. The molecule has 0 aliphatic heterocycles. The van der Waals surface area contributed by atoms with Gasteiger partial charge in [0.05, 0.1) is 5.92 Å². The third-order valence-electron chi connectivity index (χ3n) is 3.37. The van der Waals surface area contributed by atoms with Gasteiger partial charge in [-0.2, -0.15) is 0 Å². The molecule has 6 nitrogen and oxygen atoms in total. The molecule has 0 heterocycles. The lowest BCUT2D eigenvalue weighted by Crippen LogP contribution is -2.37. The van der Waals surface area contributed by atoms with Crippen LogP contribution in [0.15, 0.2) is 24.3 Å². The van der Waals surface area contributed by atoms with Crippen LogP contribution in [0, 0.1) is 11.7 Å². The number of ether oxygens (including phenoxy) is 1. The standard InChI is InChI=1S/C16H21FN2O4/c1-3-11(2)16(22)23-10-15(21)19(9-8-14(18)20)13-6-4-12(17)5-7-13/h4-7,11H,3,8-10H2,1-2H3,(H2,18,20). The first-order chi connectivity index (χ1) is 10.8. The fourth-order valence-electron chi connectivity index (χ4n) is 1.76. The number of nitrogens with two attached hydrogens (primary N) is 1. The van der Waals surface area contributed by atoms with Crippen LogP contribution in [0.2, 0.25) is 0 Å². The lowest BCUT2D eigenvalue weighted by molar-refractivity contribution is -0.151. The molecule has 1 aromatic rings. The summed E-state index contributed by atoms with van der Waals surface area (Å²) in [6.45, 7) is 3.13. The van der Waals surface area contributed by atoms with Gasteiger partial charge in [0.25, 0.3) is 5.91 Å². The summed E-state index contributed by atoms with van der Waals surface area (Å²) < 4.78 is 18.0. The minimum Gasteiger partial charge on any atom is -0.455 e. The van der Waals surface area contributed by atoms with Gasteiger partial charge in [-0.1, -0.05) is 13.8 Å². The zero-order valence-electron chi connectivity index (χ0n) is 13.3. The summed E-state index contributed by atoms with van der Waals surface area (Å²) in [5, 5.41) is 0. The molecule has 126 valence electrons. The molecule has 2 N–H and O–H groups in total. The molecular weight excluding hydrogens is 303 g/mol. The van der Waals surface area contributed by atoms with Gasteiger partial charge in [-0.25, -0.2) is 4.39 Å². The molecule has 1 rings (SSSR count). The van der Waals surface area contributed by atoms with Gasteiger partial charge in [0.2, 0.25) is 5.91 Å². The largest absolute Gasteiger partial charge is 0.455 e. The number of halogens is 1. The van der Waals surface area contributed by atoms with Crippen LogP contribution in [-0.4, -0.2) is 30.9 Å². The van der Waals surface area contributed by atoms with E-state index in [1.165, 1.54) is 29.2 Å². The molecule has 0 saturated heterocycles. The predicted molar refractivity (Wildman–Crippen MR) is 83.0 cm³/mol. The van der Waals surface area contributed by atoms with Crippen LogP contribution < -0.4 is 10.6 Å². The number of esters is 1. The van der Waals surface area contributed by atoms with E-state index in [2.05, 4.69) is 0 Å². The molecule has 23 heavy (non-hydrogen) atoms. The Kier molecular flexibility index (Phi) is 7.18. The Morgan fingerprint density at radius 3 is 2.39 bits per heavy atom. The molecule has 0 aromatic heterocycles. The van der Waals surface area contributed by atoms with Crippen molar-refractivity contribution >= 4 is 23.5 Å². The van der Waals surface area contributed by atoms with Gasteiger partial charge in [-0.3, -0.25) is 14.4 Å². The maximum absolute atomic E-state index is 13.0. The Morgan fingerprint density at radius 1 is 1.26 bits per heavy atom. The van der Waals surface area contributed by atoms with Gasteiger partial charge in [0, 0.05) is 18.7 Å². The van der Waals surface area contributed by atoms with Crippen LogP contribution in [0.3, 0.4) is 0 Å². The summed E-state index contributed by atoms with van der Waals surface area (Å²) in [4.78, 5) is 36.1. The molecule has 1 aromatic carbocycles. The molecule has 1 atom stereocenters.